The summed E-state index contributed by atoms with van der Waals surface area (Å²) in [6.45, 7) is 2.35. The minimum Gasteiger partial charge on any atom is -0.336 e. The van der Waals surface area contributed by atoms with Crippen LogP contribution < -0.4 is 0 Å². The molecule has 5 nitrogen and oxygen atoms in total. The molecule has 2 bridgehead atoms. The van der Waals surface area contributed by atoms with Crippen LogP contribution in [-0.4, -0.2) is 56.8 Å². The highest BCUT2D eigenvalue weighted by Gasteiger charge is 2.44. The number of fused-ring (bicyclic) bond motifs is 3. The number of imidazole rings is 1. The van der Waals surface area contributed by atoms with Gasteiger partial charge in [0.25, 0.3) is 0 Å². The molecule has 2 atom stereocenters. The van der Waals surface area contributed by atoms with Gasteiger partial charge in [-0.25, -0.2) is 13.8 Å². The summed E-state index contributed by atoms with van der Waals surface area (Å²) in [4.78, 5) is 21.6. The van der Waals surface area contributed by atoms with E-state index in [1.165, 1.54) is 18.3 Å². The first-order chi connectivity index (χ1) is 14.1. The topological polar surface area (TPSA) is 40.9 Å². The lowest BCUT2D eigenvalue weighted by Crippen LogP contribution is -2.49. The van der Waals surface area contributed by atoms with Gasteiger partial charge in [0.2, 0.25) is 5.91 Å². The number of pyridine rings is 1. The van der Waals surface area contributed by atoms with Crippen molar-refractivity contribution in [1.29, 1.82) is 0 Å². The highest BCUT2D eigenvalue weighted by atomic mass is 19.1. The number of carbonyl (C=O) groups excluding carboxylic acids is 1. The second-order valence-corrected chi connectivity index (χ2v) is 7.95. The molecule has 4 heterocycles. The Morgan fingerprint density at radius 1 is 1.07 bits per heavy atom. The summed E-state index contributed by atoms with van der Waals surface area (Å²) in [5.41, 5.74) is 2.03. The van der Waals surface area contributed by atoms with Gasteiger partial charge >= 0.3 is 0 Å². The summed E-state index contributed by atoms with van der Waals surface area (Å²) < 4.78 is 28.8. The second kappa shape index (κ2) is 7.22. The number of aromatic nitrogens is 2. The first kappa shape index (κ1) is 18.2. The number of halogens is 2. The number of benzene rings is 1. The Balaban J connectivity index is 1.19. The average Bonchev–Trinajstić information content (AvgIpc) is 3.40. The molecule has 2 aliphatic heterocycles. The molecular weight excluding hydrogens is 374 g/mol. The number of amides is 1. The van der Waals surface area contributed by atoms with Crippen LogP contribution in [0.4, 0.5) is 8.78 Å². The van der Waals surface area contributed by atoms with Crippen molar-refractivity contribution in [3.8, 4) is 0 Å². The van der Waals surface area contributed by atoms with Crippen LogP contribution in [0.3, 0.4) is 0 Å². The van der Waals surface area contributed by atoms with Gasteiger partial charge in [0.05, 0.1) is 12.1 Å². The van der Waals surface area contributed by atoms with Crippen LogP contribution in [0.1, 0.15) is 17.7 Å². The quantitative estimate of drug-likeness (QED) is 0.666. The molecule has 29 heavy (non-hydrogen) atoms. The maximum Gasteiger partial charge on any atom is 0.228 e. The normalized spacial score (nSPS) is 21.4. The average molecular weight is 396 g/mol. The van der Waals surface area contributed by atoms with Crippen molar-refractivity contribution in [2.75, 3.05) is 19.6 Å². The second-order valence-electron chi connectivity index (χ2n) is 7.95. The Morgan fingerprint density at radius 3 is 2.72 bits per heavy atom. The third kappa shape index (κ3) is 3.51. The van der Waals surface area contributed by atoms with Crippen molar-refractivity contribution in [3.63, 3.8) is 0 Å². The van der Waals surface area contributed by atoms with E-state index in [1.54, 1.807) is 22.7 Å². The van der Waals surface area contributed by atoms with Crippen molar-refractivity contribution in [2.45, 2.75) is 31.3 Å². The third-order valence-corrected chi connectivity index (χ3v) is 6.10. The fourth-order valence-electron chi connectivity index (χ4n) is 4.65. The smallest absolute Gasteiger partial charge is 0.228 e. The van der Waals surface area contributed by atoms with Gasteiger partial charge in [-0.3, -0.25) is 9.69 Å². The van der Waals surface area contributed by atoms with E-state index in [1.807, 2.05) is 17.0 Å². The summed E-state index contributed by atoms with van der Waals surface area (Å²) in [7, 11) is 0. The zero-order valence-electron chi connectivity index (χ0n) is 16.0. The molecule has 2 aromatic heterocycles. The van der Waals surface area contributed by atoms with Gasteiger partial charge in [-0.1, -0.05) is 18.2 Å². The molecule has 7 heteroatoms. The van der Waals surface area contributed by atoms with Gasteiger partial charge in [0.1, 0.15) is 17.3 Å². The minimum absolute atomic E-state index is 0.0649. The molecule has 1 amide bonds. The van der Waals surface area contributed by atoms with E-state index >= 15 is 0 Å². The van der Waals surface area contributed by atoms with Crippen molar-refractivity contribution in [2.24, 2.45) is 0 Å². The van der Waals surface area contributed by atoms with Gasteiger partial charge < -0.3 is 9.30 Å². The molecule has 0 unspecified atom stereocenters. The minimum atomic E-state index is -0.333. The predicted molar refractivity (Wildman–Crippen MR) is 104 cm³/mol. The number of hydrogen-bond acceptors (Lipinski definition) is 3. The van der Waals surface area contributed by atoms with Crippen LogP contribution in [0.5, 0.6) is 0 Å². The lowest BCUT2D eigenvalue weighted by Gasteiger charge is -2.34. The maximum absolute atomic E-state index is 13.8. The van der Waals surface area contributed by atoms with E-state index in [0.717, 1.165) is 25.1 Å². The van der Waals surface area contributed by atoms with Crippen LogP contribution in [0.15, 0.2) is 48.8 Å². The molecule has 3 aromatic rings. The van der Waals surface area contributed by atoms with Crippen LogP contribution in [-0.2, 0) is 17.6 Å². The molecule has 5 rings (SSSR count). The highest BCUT2D eigenvalue weighted by molar-refractivity contribution is 5.79. The van der Waals surface area contributed by atoms with Gasteiger partial charge in [0.15, 0.2) is 0 Å². The molecule has 1 aromatic carbocycles. The zero-order chi connectivity index (χ0) is 20.0. The van der Waals surface area contributed by atoms with Crippen LogP contribution in [0.2, 0.25) is 0 Å². The Hall–Kier alpha value is -2.80. The molecular formula is C22H22F2N4O. The summed E-state index contributed by atoms with van der Waals surface area (Å²) in [6, 6.07) is 10.4. The summed E-state index contributed by atoms with van der Waals surface area (Å²) in [5, 5.41) is 0. The zero-order valence-corrected chi connectivity index (χ0v) is 16.0. The van der Waals surface area contributed by atoms with Crippen LogP contribution in [0, 0.1) is 11.6 Å². The number of likely N-dealkylation sites (tertiary alicyclic amines) is 2. The molecule has 0 aliphatic carbocycles. The summed E-state index contributed by atoms with van der Waals surface area (Å²) in [5.74, 6) is -0.420. The fraction of sp³-hybridized carbons (Fsp3) is 0.364. The van der Waals surface area contributed by atoms with Gasteiger partial charge in [-0.15, -0.1) is 0 Å². The monoisotopic (exact) mass is 396 g/mol. The first-order valence-corrected chi connectivity index (χ1v) is 9.97. The number of carbonyl (C=O) groups is 1. The number of hydrogen-bond donors (Lipinski definition) is 0. The molecule has 0 saturated carbocycles. The standard InChI is InChI=1S/C22H22F2N4O/c23-16-5-6-21-25-17(12-27(21)11-16)9-22(29)28-14-18-10-19(28)13-26(18)8-7-15-3-1-2-4-20(15)24/h1-6,11-12,18-19H,7-10,13-14H2/t18-,19-/m0/s1. The van der Waals surface area contributed by atoms with Gasteiger partial charge in [-0.05, 0) is 36.6 Å². The van der Waals surface area contributed by atoms with Gasteiger partial charge in [-0.2, -0.15) is 0 Å². The van der Waals surface area contributed by atoms with Crippen molar-refractivity contribution in [1.82, 2.24) is 19.2 Å². The Kier molecular flexibility index (Phi) is 4.54. The molecule has 2 saturated heterocycles. The van der Waals surface area contributed by atoms with E-state index < -0.39 is 0 Å². The summed E-state index contributed by atoms with van der Waals surface area (Å²) >= 11 is 0. The first-order valence-electron chi connectivity index (χ1n) is 9.97. The van der Waals surface area contributed by atoms with E-state index in [9.17, 15) is 13.6 Å². The van der Waals surface area contributed by atoms with Crippen LogP contribution in [0.25, 0.3) is 5.65 Å². The molecule has 2 fully saturated rings. The SMILES string of the molecule is O=C(Cc1cn2cc(F)ccc2n1)N1C[C@@H]2C[C@H]1CN2CCc1ccccc1F. The molecule has 0 N–H and O–H groups in total. The molecule has 0 radical (unpaired) electrons. The number of piperazine rings is 1. The molecule has 0 spiro atoms. The van der Waals surface area contributed by atoms with Crippen molar-refractivity contribution in [3.05, 3.63) is 71.7 Å². The largest absolute Gasteiger partial charge is 0.336 e. The van der Waals surface area contributed by atoms with Crippen LogP contribution >= 0.6 is 0 Å². The number of nitrogens with zero attached hydrogens (tertiary/aromatic N) is 4. The Bertz CT molecular complexity index is 1070. The van der Waals surface area contributed by atoms with E-state index in [0.29, 0.717) is 30.3 Å². The maximum atomic E-state index is 13.8. The van der Waals surface area contributed by atoms with Crippen molar-refractivity contribution < 1.29 is 13.6 Å². The van der Waals surface area contributed by atoms with E-state index in [-0.39, 0.29) is 30.0 Å². The third-order valence-electron chi connectivity index (χ3n) is 6.10. The number of rotatable bonds is 5. The van der Waals surface area contributed by atoms with Crippen molar-refractivity contribution >= 4 is 11.6 Å². The lowest BCUT2D eigenvalue weighted by molar-refractivity contribution is -0.132. The molecule has 2 aliphatic rings. The van der Waals surface area contributed by atoms with E-state index in [4.69, 9.17) is 0 Å². The Labute approximate surface area is 167 Å². The molecule has 150 valence electrons. The fourth-order valence-corrected chi connectivity index (χ4v) is 4.65. The van der Waals surface area contributed by atoms with E-state index in [2.05, 4.69) is 9.88 Å². The Morgan fingerprint density at radius 2 is 1.93 bits per heavy atom. The van der Waals surface area contributed by atoms with Gasteiger partial charge in [0, 0.05) is 44.1 Å². The predicted octanol–water partition coefficient (Wildman–Crippen LogP) is 2.68. The lowest BCUT2D eigenvalue weighted by atomic mass is 10.1. The summed E-state index contributed by atoms with van der Waals surface area (Å²) in [6.07, 6.45) is 4.95. The highest BCUT2D eigenvalue weighted by Crippen LogP contribution is 2.31.